The number of benzene rings is 1. The zero-order chi connectivity index (χ0) is 20.4. The molecule has 2 saturated carbocycles. The van der Waals surface area contributed by atoms with Crippen LogP contribution in [-0.4, -0.2) is 23.8 Å². The van der Waals surface area contributed by atoms with E-state index < -0.39 is 0 Å². The molecule has 4 rings (SSSR count). The number of halogens is 2. The lowest BCUT2D eigenvalue weighted by Crippen LogP contribution is -2.47. The van der Waals surface area contributed by atoms with Crippen molar-refractivity contribution >= 4 is 22.4 Å². The maximum Gasteiger partial charge on any atom is 0.255 e. The summed E-state index contributed by atoms with van der Waals surface area (Å²) in [6, 6.07) is 5.61. The Kier molecular flexibility index (Phi) is 6.16. The molecule has 6 heteroatoms. The maximum atomic E-state index is 12.6. The predicted octanol–water partition coefficient (Wildman–Crippen LogP) is 5.37. The highest BCUT2D eigenvalue weighted by Gasteiger charge is 2.46. The van der Waals surface area contributed by atoms with Crippen molar-refractivity contribution in [2.45, 2.75) is 69.9 Å². The Morgan fingerprint density at radius 3 is 2.69 bits per heavy atom. The van der Waals surface area contributed by atoms with Gasteiger partial charge in [-0.1, -0.05) is 18.0 Å². The van der Waals surface area contributed by atoms with Crippen LogP contribution in [0.3, 0.4) is 0 Å². The summed E-state index contributed by atoms with van der Waals surface area (Å²) in [5, 5.41) is 1.85. The van der Waals surface area contributed by atoms with Crippen molar-refractivity contribution < 1.29 is 9.13 Å². The molecule has 0 radical (unpaired) electrons. The molecule has 1 atom stereocenters. The molecule has 1 aromatic heterocycles. The number of aromatic amines is 1. The van der Waals surface area contributed by atoms with E-state index in [2.05, 4.69) is 4.98 Å². The van der Waals surface area contributed by atoms with Gasteiger partial charge in [-0.15, -0.1) is 0 Å². The fourth-order valence-corrected chi connectivity index (χ4v) is 5.23. The van der Waals surface area contributed by atoms with Gasteiger partial charge in [0.2, 0.25) is 0 Å². The molecule has 0 saturated heterocycles. The van der Waals surface area contributed by atoms with Gasteiger partial charge in [0.1, 0.15) is 5.75 Å². The van der Waals surface area contributed by atoms with E-state index in [1.807, 2.05) is 12.1 Å². The predicted molar refractivity (Wildman–Crippen MR) is 115 cm³/mol. The summed E-state index contributed by atoms with van der Waals surface area (Å²) in [5.74, 6) is 1.28. The Bertz CT molecular complexity index is 903. The number of nitrogens with one attached hydrogen (secondary N) is 1. The molecule has 0 aliphatic heterocycles. The van der Waals surface area contributed by atoms with E-state index in [1.54, 1.807) is 12.3 Å². The van der Waals surface area contributed by atoms with Gasteiger partial charge in [-0.25, -0.2) is 0 Å². The highest BCUT2D eigenvalue weighted by molar-refractivity contribution is 6.32. The number of rotatable bonds is 8. The fraction of sp³-hybridized carbons (Fsp3) is 0.609. The van der Waals surface area contributed by atoms with Crippen LogP contribution in [0.15, 0.2) is 29.2 Å². The van der Waals surface area contributed by atoms with Crippen molar-refractivity contribution in [2.75, 3.05) is 6.67 Å². The summed E-state index contributed by atoms with van der Waals surface area (Å²) >= 11 is 6.40. The lowest BCUT2D eigenvalue weighted by Gasteiger charge is -2.45. The Labute approximate surface area is 176 Å². The Morgan fingerprint density at radius 1 is 1.24 bits per heavy atom. The van der Waals surface area contributed by atoms with Crippen molar-refractivity contribution in [1.82, 2.24) is 4.98 Å². The smallest absolute Gasteiger partial charge is 0.255 e. The van der Waals surface area contributed by atoms with E-state index in [0.717, 1.165) is 43.9 Å². The summed E-state index contributed by atoms with van der Waals surface area (Å²) < 4.78 is 18.9. The second-order valence-electron chi connectivity index (χ2n) is 8.87. The molecule has 3 N–H and O–H groups in total. The van der Waals surface area contributed by atoms with Crippen LogP contribution in [0, 0.1) is 11.3 Å². The number of fused-ring (bicyclic) bond motifs is 1. The quantitative estimate of drug-likeness (QED) is 0.564. The SMILES string of the molecule is NC(C1CC1)C1(CCCCF)CCC(Oc2cc3cc[nH]c(=O)c3cc2Cl)CC1. The zero-order valence-corrected chi connectivity index (χ0v) is 17.5. The first-order chi connectivity index (χ1) is 14.0. The van der Waals surface area contributed by atoms with Crippen LogP contribution in [0.2, 0.25) is 5.02 Å². The summed E-state index contributed by atoms with van der Waals surface area (Å²) in [5.41, 5.74) is 6.65. The molecule has 29 heavy (non-hydrogen) atoms. The van der Waals surface area contributed by atoms with Gasteiger partial charge in [0.25, 0.3) is 5.56 Å². The van der Waals surface area contributed by atoms with Crippen molar-refractivity contribution in [2.24, 2.45) is 17.1 Å². The third-order valence-corrected chi connectivity index (χ3v) is 7.24. The van der Waals surface area contributed by atoms with Gasteiger partial charge < -0.3 is 15.5 Å². The van der Waals surface area contributed by atoms with Gasteiger partial charge in [0.15, 0.2) is 0 Å². The molecule has 2 fully saturated rings. The second kappa shape index (κ2) is 8.65. The monoisotopic (exact) mass is 420 g/mol. The second-order valence-corrected chi connectivity index (χ2v) is 9.27. The molecule has 1 unspecified atom stereocenters. The molecular weight excluding hydrogens is 391 g/mol. The van der Waals surface area contributed by atoms with E-state index in [0.29, 0.717) is 28.5 Å². The molecule has 4 nitrogen and oxygen atoms in total. The van der Waals surface area contributed by atoms with E-state index >= 15 is 0 Å². The number of unbranched alkanes of at least 4 members (excludes halogenated alkanes) is 1. The summed E-state index contributed by atoms with van der Waals surface area (Å²) in [6.45, 7) is -0.246. The highest BCUT2D eigenvalue weighted by atomic mass is 35.5. The number of aromatic nitrogens is 1. The molecule has 0 bridgehead atoms. The minimum atomic E-state index is -0.246. The number of nitrogens with two attached hydrogens (primary N) is 1. The summed E-state index contributed by atoms with van der Waals surface area (Å²) in [6.07, 6.45) is 10.6. The first kappa shape index (κ1) is 20.7. The van der Waals surface area contributed by atoms with Crippen LogP contribution in [-0.2, 0) is 0 Å². The van der Waals surface area contributed by atoms with E-state index in [4.69, 9.17) is 22.1 Å². The van der Waals surface area contributed by atoms with Crippen LogP contribution in [0.1, 0.15) is 57.8 Å². The molecule has 2 aliphatic carbocycles. The minimum Gasteiger partial charge on any atom is -0.489 e. The van der Waals surface area contributed by atoms with Crippen molar-refractivity contribution in [3.05, 3.63) is 39.8 Å². The standard InChI is InChI=1S/C23H30ClFN2O2/c24-19-14-18-16(7-12-27-22(18)28)13-20(19)29-17-5-9-23(10-6-17,8-1-2-11-25)21(26)15-3-4-15/h7,12-15,17,21H,1-6,8-11,26H2,(H,27,28). The van der Waals surface area contributed by atoms with Crippen molar-refractivity contribution in [3.8, 4) is 5.75 Å². The maximum absolute atomic E-state index is 12.6. The van der Waals surface area contributed by atoms with Gasteiger partial charge in [-0.3, -0.25) is 9.18 Å². The Hall–Kier alpha value is -1.59. The first-order valence-corrected chi connectivity index (χ1v) is 11.2. The van der Waals surface area contributed by atoms with Crippen LogP contribution in [0.5, 0.6) is 5.75 Å². The Balaban J connectivity index is 1.45. The number of ether oxygens (including phenoxy) is 1. The lowest BCUT2D eigenvalue weighted by atomic mass is 9.64. The number of pyridine rings is 1. The van der Waals surface area contributed by atoms with E-state index in [-0.39, 0.29) is 29.8 Å². The number of hydrogen-bond acceptors (Lipinski definition) is 3. The van der Waals surface area contributed by atoms with Crippen molar-refractivity contribution in [3.63, 3.8) is 0 Å². The van der Waals surface area contributed by atoms with E-state index in [9.17, 15) is 9.18 Å². The largest absolute Gasteiger partial charge is 0.489 e. The first-order valence-electron chi connectivity index (χ1n) is 10.8. The van der Waals surface area contributed by atoms with Gasteiger partial charge in [-0.05, 0) is 86.3 Å². The van der Waals surface area contributed by atoms with Gasteiger partial charge in [-0.2, -0.15) is 0 Å². The minimum absolute atomic E-state index is 0.0904. The highest BCUT2D eigenvalue weighted by Crippen LogP contribution is 2.50. The molecule has 2 aromatic rings. The number of H-pyrrole nitrogens is 1. The van der Waals surface area contributed by atoms with Crippen LogP contribution >= 0.6 is 11.6 Å². The summed E-state index contributed by atoms with van der Waals surface area (Å²) in [7, 11) is 0. The van der Waals surface area contributed by atoms with Gasteiger partial charge >= 0.3 is 0 Å². The van der Waals surface area contributed by atoms with Gasteiger partial charge in [0.05, 0.1) is 17.8 Å². The third kappa shape index (κ3) is 4.46. The topological polar surface area (TPSA) is 68.1 Å². The van der Waals surface area contributed by atoms with Crippen molar-refractivity contribution in [1.29, 1.82) is 0 Å². The molecule has 1 heterocycles. The fourth-order valence-electron chi connectivity index (χ4n) is 5.02. The van der Waals surface area contributed by atoms with Gasteiger partial charge in [0, 0.05) is 17.6 Å². The lowest BCUT2D eigenvalue weighted by molar-refractivity contribution is 0.0466. The molecule has 158 valence electrons. The molecular formula is C23H30ClFN2O2. The Morgan fingerprint density at radius 2 is 2.00 bits per heavy atom. The normalized spacial score (nSPS) is 25.8. The number of hydrogen-bond donors (Lipinski definition) is 2. The van der Waals surface area contributed by atoms with E-state index in [1.165, 1.54) is 12.8 Å². The molecule has 0 amide bonds. The van der Waals surface area contributed by atoms with Crippen LogP contribution in [0.25, 0.3) is 10.8 Å². The zero-order valence-electron chi connectivity index (χ0n) is 16.8. The number of alkyl halides is 1. The average Bonchev–Trinajstić information content (AvgIpc) is 3.56. The molecule has 0 spiro atoms. The van der Waals surface area contributed by atoms with Crippen LogP contribution in [0.4, 0.5) is 4.39 Å². The van der Waals surface area contributed by atoms with Crippen LogP contribution < -0.4 is 16.0 Å². The average molecular weight is 421 g/mol. The third-order valence-electron chi connectivity index (χ3n) is 6.94. The summed E-state index contributed by atoms with van der Waals surface area (Å²) in [4.78, 5) is 14.6. The molecule has 1 aromatic carbocycles. The molecule has 2 aliphatic rings.